The van der Waals surface area contributed by atoms with Gasteiger partial charge in [-0.15, -0.1) is 0 Å². The molecule has 26 heavy (non-hydrogen) atoms. The Morgan fingerprint density at radius 3 is 2.38 bits per heavy atom. The van der Waals surface area contributed by atoms with Gasteiger partial charge in [0.1, 0.15) is 5.75 Å². The number of hydrogen-bond donors (Lipinski definition) is 1. The van der Waals surface area contributed by atoms with Crippen molar-refractivity contribution in [1.29, 1.82) is 0 Å². The molecule has 0 spiro atoms. The average Bonchev–Trinajstić information content (AvgIpc) is 2.61. The SMILES string of the molecule is Cc1ccc([C@H](C)NC(=O)[C@@H](C)Oc2ccc3ccccc3c2)c(C)c1. The summed E-state index contributed by atoms with van der Waals surface area (Å²) in [5.41, 5.74) is 3.53. The molecule has 0 unspecified atom stereocenters. The monoisotopic (exact) mass is 347 g/mol. The number of hydrogen-bond acceptors (Lipinski definition) is 2. The molecule has 0 saturated carbocycles. The standard InChI is InChI=1S/C23H25NO2/c1-15-9-12-22(16(2)13-15)17(3)24-23(25)18(4)26-21-11-10-19-7-5-6-8-20(19)14-21/h5-14,17-18H,1-4H3,(H,24,25)/t17-,18+/m0/s1. The van der Waals surface area contributed by atoms with Crippen LogP contribution in [0.15, 0.2) is 60.7 Å². The van der Waals surface area contributed by atoms with Crippen molar-refractivity contribution < 1.29 is 9.53 Å². The van der Waals surface area contributed by atoms with Crippen LogP contribution < -0.4 is 10.1 Å². The van der Waals surface area contributed by atoms with E-state index in [9.17, 15) is 4.79 Å². The van der Waals surface area contributed by atoms with Gasteiger partial charge in [0.15, 0.2) is 6.10 Å². The summed E-state index contributed by atoms with van der Waals surface area (Å²) in [6.07, 6.45) is -0.565. The van der Waals surface area contributed by atoms with Gasteiger partial charge in [-0.05, 0) is 61.7 Å². The lowest BCUT2D eigenvalue weighted by atomic mass is 10.00. The van der Waals surface area contributed by atoms with Gasteiger partial charge in [-0.25, -0.2) is 0 Å². The molecule has 0 saturated heterocycles. The first kappa shape index (κ1) is 18.0. The lowest BCUT2D eigenvalue weighted by Crippen LogP contribution is -2.38. The maximum atomic E-state index is 12.5. The second kappa shape index (κ2) is 7.61. The lowest BCUT2D eigenvalue weighted by Gasteiger charge is -2.20. The highest BCUT2D eigenvalue weighted by molar-refractivity contribution is 5.84. The molecule has 3 aromatic carbocycles. The molecule has 0 fully saturated rings. The Morgan fingerprint density at radius 2 is 1.65 bits per heavy atom. The number of benzene rings is 3. The van der Waals surface area contributed by atoms with E-state index in [0.29, 0.717) is 5.75 Å². The number of carbonyl (C=O) groups is 1. The number of amides is 1. The number of rotatable bonds is 5. The smallest absolute Gasteiger partial charge is 0.261 e. The van der Waals surface area contributed by atoms with Crippen molar-refractivity contribution in [1.82, 2.24) is 5.32 Å². The van der Waals surface area contributed by atoms with Crippen molar-refractivity contribution in [3.63, 3.8) is 0 Å². The molecule has 0 aliphatic carbocycles. The first-order chi connectivity index (χ1) is 12.4. The van der Waals surface area contributed by atoms with E-state index in [-0.39, 0.29) is 11.9 Å². The Kier molecular flexibility index (Phi) is 5.27. The number of aryl methyl sites for hydroxylation is 2. The van der Waals surface area contributed by atoms with Crippen molar-refractivity contribution in [3.8, 4) is 5.75 Å². The first-order valence-corrected chi connectivity index (χ1v) is 8.97. The molecule has 0 bridgehead atoms. The summed E-state index contributed by atoms with van der Waals surface area (Å²) < 4.78 is 5.86. The van der Waals surface area contributed by atoms with E-state index in [1.807, 2.05) is 43.3 Å². The minimum atomic E-state index is -0.565. The average molecular weight is 347 g/mol. The van der Waals surface area contributed by atoms with Crippen LogP contribution >= 0.6 is 0 Å². The molecular formula is C23H25NO2. The van der Waals surface area contributed by atoms with E-state index < -0.39 is 6.10 Å². The summed E-state index contributed by atoms with van der Waals surface area (Å²) in [6.45, 7) is 7.91. The zero-order valence-corrected chi connectivity index (χ0v) is 15.7. The molecule has 3 nitrogen and oxygen atoms in total. The molecule has 0 aliphatic heterocycles. The molecule has 3 heteroatoms. The van der Waals surface area contributed by atoms with Crippen LogP contribution in [0.5, 0.6) is 5.75 Å². The molecule has 0 aromatic heterocycles. The highest BCUT2D eigenvalue weighted by atomic mass is 16.5. The quantitative estimate of drug-likeness (QED) is 0.697. The summed E-state index contributed by atoms with van der Waals surface area (Å²) in [5.74, 6) is 0.580. The van der Waals surface area contributed by atoms with Gasteiger partial charge in [-0.2, -0.15) is 0 Å². The summed E-state index contributed by atoms with van der Waals surface area (Å²) in [5, 5.41) is 5.30. The molecule has 1 N–H and O–H groups in total. The fraction of sp³-hybridized carbons (Fsp3) is 0.261. The van der Waals surface area contributed by atoms with Crippen LogP contribution in [0.1, 0.15) is 36.6 Å². The molecule has 2 atom stereocenters. The molecular weight excluding hydrogens is 322 g/mol. The third kappa shape index (κ3) is 4.05. The minimum absolute atomic E-state index is 0.0641. The second-order valence-corrected chi connectivity index (χ2v) is 6.86. The molecule has 1 amide bonds. The summed E-state index contributed by atoms with van der Waals surface area (Å²) >= 11 is 0. The summed E-state index contributed by atoms with van der Waals surface area (Å²) in [4.78, 5) is 12.5. The third-order valence-electron chi connectivity index (χ3n) is 4.65. The predicted octanol–water partition coefficient (Wildman–Crippen LogP) is 5.10. The third-order valence-corrected chi connectivity index (χ3v) is 4.65. The normalized spacial score (nSPS) is 13.2. The molecule has 0 radical (unpaired) electrons. The van der Waals surface area contributed by atoms with Crippen LogP contribution in [-0.4, -0.2) is 12.0 Å². The minimum Gasteiger partial charge on any atom is -0.481 e. The Balaban J connectivity index is 1.66. The van der Waals surface area contributed by atoms with E-state index >= 15 is 0 Å². The van der Waals surface area contributed by atoms with Gasteiger partial charge in [0, 0.05) is 0 Å². The van der Waals surface area contributed by atoms with Crippen molar-refractivity contribution in [2.75, 3.05) is 0 Å². The van der Waals surface area contributed by atoms with E-state index in [1.54, 1.807) is 6.92 Å². The zero-order chi connectivity index (χ0) is 18.7. The number of carbonyl (C=O) groups excluding carboxylic acids is 1. The van der Waals surface area contributed by atoms with Crippen LogP contribution in [0, 0.1) is 13.8 Å². The van der Waals surface area contributed by atoms with E-state index in [0.717, 1.165) is 16.3 Å². The fourth-order valence-electron chi connectivity index (χ4n) is 3.22. The number of fused-ring (bicyclic) bond motifs is 1. The molecule has 134 valence electrons. The van der Waals surface area contributed by atoms with Crippen LogP contribution in [0.4, 0.5) is 0 Å². The topological polar surface area (TPSA) is 38.3 Å². The van der Waals surface area contributed by atoms with E-state index in [2.05, 4.69) is 43.4 Å². The maximum absolute atomic E-state index is 12.5. The summed E-state index contributed by atoms with van der Waals surface area (Å²) in [6, 6.07) is 20.2. The summed E-state index contributed by atoms with van der Waals surface area (Å²) in [7, 11) is 0. The van der Waals surface area contributed by atoms with E-state index in [1.165, 1.54) is 11.1 Å². The largest absolute Gasteiger partial charge is 0.481 e. The van der Waals surface area contributed by atoms with Gasteiger partial charge < -0.3 is 10.1 Å². The molecule has 0 heterocycles. The van der Waals surface area contributed by atoms with Gasteiger partial charge >= 0.3 is 0 Å². The van der Waals surface area contributed by atoms with Crippen LogP contribution in [-0.2, 0) is 4.79 Å². The van der Waals surface area contributed by atoms with Crippen molar-refractivity contribution in [2.24, 2.45) is 0 Å². The van der Waals surface area contributed by atoms with Gasteiger partial charge in [0.25, 0.3) is 5.91 Å². The van der Waals surface area contributed by atoms with Gasteiger partial charge in [-0.3, -0.25) is 4.79 Å². The molecule has 0 aliphatic rings. The Morgan fingerprint density at radius 1 is 0.923 bits per heavy atom. The zero-order valence-electron chi connectivity index (χ0n) is 15.7. The van der Waals surface area contributed by atoms with Gasteiger partial charge in [-0.1, -0.05) is 54.1 Å². The van der Waals surface area contributed by atoms with Gasteiger partial charge in [0.2, 0.25) is 0 Å². The Labute approximate surface area is 155 Å². The molecule has 3 rings (SSSR count). The first-order valence-electron chi connectivity index (χ1n) is 8.97. The Bertz CT molecular complexity index is 932. The van der Waals surface area contributed by atoms with E-state index in [4.69, 9.17) is 4.74 Å². The van der Waals surface area contributed by atoms with Crippen molar-refractivity contribution in [3.05, 3.63) is 77.4 Å². The van der Waals surface area contributed by atoms with Crippen molar-refractivity contribution in [2.45, 2.75) is 39.8 Å². The van der Waals surface area contributed by atoms with Crippen LogP contribution in [0.3, 0.4) is 0 Å². The number of ether oxygens (including phenoxy) is 1. The predicted molar refractivity (Wildman–Crippen MR) is 107 cm³/mol. The maximum Gasteiger partial charge on any atom is 0.261 e. The fourth-order valence-corrected chi connectivity index (χ4v) is 3.22. The highest BCUT2D eigenvalue weighted by Gasteiger charge is 2.18. The number of nitrogens with one attached hydrogen (secondary N) is 1. The lowest BCUT2D eigenvalue weighted by molar-refractivity contribution is -0.127. The molecule has 3 aromatic rings. The van der Waals surface area contributed by atoms with Crippen molar-refractivity contribution >= 4 is 16.7 Å². The second-order valence-electron chi connectivity index (χ2n) is 6.86. The van der Waals surface area contributed by atoms with Gasteiger partial charge in [0.05, 0.1) is 6.04 Å². The van der Waals surface area contributed by atoms with Crippen LogP contribution in [0.2, 0.25) is 0 Å². The van der Waals surface area contributed by atoms with Crippen LogP contribution in [0.25, 0.3) is 10.8 Å². The Hall–Kier alpha value is -2.81. The highest BCUT2D eigenvalue weighted by Crippen LogP contribution is 2.22.